The van der Waals surface area contributed by atoms with Crippen molar-refractivity contribution >= 4 is 17.2 Å². The number of nitrogens with zero attached hydrogens (tertiary/aromatic N) is 2. The number of hydrogen-bond donors (Lipinski definition) is 1. The monoisotopic (exact) mass is 463 g/mol. The van der Waals surface area contributed by atoms with Gasteiger partial charge in [-0.3, -0.25) is 4.79 Å². The Balaban J connectivity index is 1.54. The minimum Gasteiger partial charge on any atom is -0.385 e. The summed E-state index contributed by atoms with van der Waals surface area (Å²) in [5.74, 6) is -0.00540. The predicted octanol–water partition coefficient (Wildman–Crippen LogP) is 6.24. The molecule has 2 heterocycles. The van der Waals surface area contributed by atoms with E-state index in [0.717, 1.165) is 52.6 Å². The highest BCUT2D eigenvalue weighted by Crippen LogP contribution is 2.31. The molecule has 0 unspecified atom stereocenters. The quantitative estimate of drug-likeness (QED) is 0.286. The number of carbonyl (C=O) groups excluding carboxylic acids is 1. The van der Waals surface area contributed by atoms with Crippen LogP contribution in [0.2, 0.25) is 0 Å². The standard InChI is InChI=1S/C27H33N3O2S/c1-20-23(26(31)28-15-14-21-10-5-3-6-11-21)18-25(30(20)16-9-17-32-2)24-19-33-27(29-24)22-12-7-4-8-13-22/h4,7-8,10,12-13,18-19H,3,5-6,9,11,14-17H2,1-2H3,(H,28,31). The number of ether oxygens (including phenoxy) is 1. The van der Waals surface area contributed by atoms with Crippen LogP contribution in [0.25, 0.3) is 22.0 Å². The lowest BCUT2D eigenvalue weighted by Gasteiger charge is -2.13. The molecule has 174 valence electrons. The highest BCUT2D eigenvalue weighted by molar-refractivity contribution is 7.13. The van der Waals surface area contributed by atoms with Crippen LogP contribution in [0.5, 0.6) is 0 Å². The predicted molar refractivity (Wildman–Crippen MR) is 136 cm³/mol. The molecule has 0 bridgehead atoms. The number of hydrogen-bond acceptors (Lipinski definition) is 4. The number of thiazole rings is 1. The number of aromatic nitrogens is 2. The van der Waals surface area contributed by atoms with Gasteiger partial charge in [0.05, 0.1) is 17.0 Å². The van der Waals surface area contributed by atoms with E-state index in [9.17, 15) is 4.79 Å². The first-order chi connectivity index (χ1) is 16.2. The third-order valence-corrected chi connectivity index (χ3v) is 7.14. The van der Waals surface area contributed by atoms with Crippen LogP contribution < -0.4 is 5.32 Å². The molecule has 0 radical (unpaired) electrons. The molecule has 1 amide bonds. The van der Waals surface area contributed by atoms with Gasteiger partial charge in [-0.2, -0.15) is 0 Å². The molecule has 5 nitrogen and oxygen atoms in total. The zero-order valence-electron chi connectivity index (χ0n) is 19.6. The van der Waals surface area contributed by atoms with Crippen LogP contribution in [0, 0.1) is 6.92 Å². The van der Waals surface area contributed by atoms with Gasteiger partial charge in [0.15, 0.2) is 0 Å². The summed E-state index contributed by atoms with van der Waals surface area (Å²) in [5.41, 5.74) is 6.19. The smallest absolute Gasteiger partial charge is 0.253 e. The summed E-state index contributed by atoms with van der Waals surface area (Å²) >= 11 is 1.63. The number of carbonyl (C=O) groups is 1. The van der Waals surface area contributed by atoms with E-state index in [1.807, 2.05) is 31.2 Å². The van der Waals surface area contributed by atoms with Crippen molar-refractivity contribution in [2.45, 2.75) is 52.0 Å². The first kappa shape index (κ1) is 23.5. The minimum atomic E-state index is -0.00540. The SMILES string of the molecule is COCCCn1c(-c2csc(-c3ccccc3)n2)cc(C(=O)NCCC2=CCCCC2)c1C. The van der Waals surface area contributed by atoms with Gasteiger partial charge in [-0.15, -0.1) is 11.3 Å². The van der Waals surface area contributed by atoms with E-state index in [2.05, 4.69) is 33.5 Å². The Morgan fingerprint density at radius 1 is 1.24 bits per heavy atom. The molecule has 4 rings (SSSR count). The lowest BCUT2D eigenvalue weighted by molar-refractivity contribution is 0.0953. The summed E-state index contributed by atoms with van der Waals surface area (Å²) < 4.78 is 7.47. The first-order valence-corrected chi connectivity index (χ1v) is 12.7. The molecule has 6 heteroatoms. The Hall–Kier alpha value is -2.70. The van der Waals surface area contributed by atoms with Crippen molar-refractivity contribution in [2.24, 2.45) is 0 Å². The molecule has 2 aromatic heterocycles. The summed E-state index contributed by atoms with van der Waals surface area (Å²) in [7, 11) is 1.72. The van der Waals surface area contributed by atoms with E-state index in [0.29, 0.717) is 13.2 Å². The third-order valence-electron chi connectivity index (χ3n) is 6.25. The lowest BCUT2D eigenvalue weighted by Crippen LogP contribution is -2.25. The highest BCUT2D eigenvalue weighted by Gasteiger charge is 2.20. The number of benzene rings is 1. The van der Waals surface area contributed by atoms with E-state index >= 15 is 0 Å². The Labute approximate surface area is 200 Å². The molecule has 0 saturated heterocycles. The van der Waals surface area contributed by atoms with Gasteiger partial charge in [-0.1, -0.05) is 42.0 Å². The fourth-order valence-electron chi connectivity index (χ4n) is 4.41. The van der Waals surface area contributed by atoms with Gasteiger partial charge in [0, 0.05) is 43.4 Å². The highest BCUT2D eigenvalue weighted by atomic mass is 32.1. The van der Waals surface area contributed by atoms with Crippen molar-refractivity contribution in [1.29, 1.82) is 0 Å². The molecule has 1 aliphatic carbocycles. The molecule has 0 atom stereocenters. The van der Waals surface area contributed by atoms with Gasteiger partial charge < -0.3 is 14.6 Å². The summed E-state index contributed by atoms with van der Waals surface area (Å²) in [6.07, 6.45) is 9.07. The number of amides is 1. The second kappa shape index (κ2) is 11.4. The van der Waals surface area contributed by atoms with Crippen molar-refractivity contribution < 1.29 is 9.53 Å². The zero-order valence-corrected chi connectivity index (χ0v) is 20.4. The summed E-state index contributed by atoms with van der Waals surface area (Å²) in [6, 6.07) is 12.2. The molecule has 3 aromatic rings. The van der Waals surface area contributed by atoms with Gasteiger partial charge in [0.1, 0.15) is 5.01 Å². The summed E-state index contributed by atoms with van der Waals surface area (Å²) in [6.45, 7) is 4.18. The van der Waals surface area contributed by atoms with Crippen LogP contribution in [0.15, 0.2) is 53.4 Å². The fraction of sp³-hybridized carbons (Fsp3) is 0.407. The molecule has 1 aliphatic rings. The Morgan fingerprint density at radius 3 is 2.85 bits per heavy atom. The largest absolute Gasteiger partial charge is 0.385 e. The molecular weight excluding hydrogens is 430 g/mol. The molecule has 0 fully saturated rings. The zero-order chi connectivity index (χ0) is 23.0. The Kier molecular flexibility index (Phi) is 8.13. The topological polar surface area (TPSA) is 56.2 Å². The van der Waals surface area contributed by atoms with E-state index in [1.54, 1.807) is 18.4 Å². The molecular formula is C27H33N3O2S. The molecule has 0 spiro atoms. The molecule has 1 aromatic carbocycles. The molecule has 33 heavy (non-hydrogen) atoms. The maximum Gasteiger partial charge on any atom is 0.253 e. The van der Waals surface area contributed by atoms with E-state index in [1.165, 1.54) is 31.3 Å². The summed E-state index contributed by atoms with van der Waals surface area (Å²) in [5, 5.41) is 6.21. The molecule has 0 saturated carbocycles. The third kappa shape index (κ3) is 5.81. The average molecular weight is 464 g/mol. The molecule has 1 N–H and O–H groups in total. The van der Waals surface area contributed by atoms with Crippen LogP contribution in [0.3, 0.4) is 0 Å². The number of allylic oxidation sites excluding steroid dienone is 1. The maximum absolute atomic E-state index is 13.1. The van der Waals surface area contributed by atoms with Crippen LogP contribution >= 0.6 is 11.3 Å². The fourth-order valence-corrected chi connectivity index (χ4v) is 5.23. The second-order valence-corrected chi connectivity index (χ2v) is 9.40. The van der Waals surface area contributed by atoms with Gasteiger partial charge in [0.25, 0.3) is 5.91 Å². The van der Waals surface area contributed by atoms with Crippen LogP contribution in [0.1, 0.15) is 54.6 Å². The van der Waals surface area contributed by atoms with Gasteiger partial charge in [-0.25, -0.2) is 4.98 Å². The maximum atomic E-state index is 13.1. The van der Waals surface area contributed by atoms with Crippen LogP contribution in [-0.2, 0) is 11.3 Å². The minimum absolute atomic E-state index is 0.00540. The summed E-state index contributed by atoms with van der Waals surface area (Å²) in [4.78, 5) is 18.0. The normalized spacial score (nSPS) is 13.7. The molecule has 0 aliphatic heterocycles. The van der Waals surface area contributed by atoms with E-state index < -0.39 is 0 Å². The van der Waals surface area contributed by atoms with Gasteiger partial charge >= 0.3 is 0 Å². The van der Waals surface area contributed by atoms with Crippen LogP contribution in [-0.4, -0.2) is 35.7 Å². The number of rotatable bonds is 10. The first-order valence-electron chi connectivity index (χ1n) is 11.8. The Morgan fingerprint density at radius 2 is 2.09 bits per heavy atom. The van der Waals surface area contributed by atoms with E-state index in [-0.39, 0.29) is 5.91 Å². The van der Waals surface area contributed by atoms with Crippen molar-refractivity contribution in [1.82, 2.24) is 14.9 Å². The lowest BCUT2D eigenvalue weighted by atomic mass is 9.97. The van der Waals surface area contributed by atoms with Crippen molar-refractivity contribution in [3.05, 3.63) is 64.7 Å². The van der Waals surface area contributed by atoms with E-state index in [4.69, 9.17) is 9.72 Å². The van der Waals surface area contributed by atoms with Crippen molar-refractivity contribution in [3.8, 4) is 22.0 Å². The second-order valence-electron chi connectivity index (χ2n) is 8.54. The van der Waals surface area contributed by atoms with Crippen LogP contribution in [0.4, 0.5) is 0 Å². The Bertz CT molecular complexity index is 1100. The number of nitrogens with one attached hydrogen (secondary N) is 1. The average Bonchev–Trinajstić information content (AvgIpc) is 3.46. The van der Waals surface area contributed by atoms with Gasteiger partial charge in [0.2, 0.25) is 0 Å². The van der Waals surface area contributed by atoms with Gasteiger partial charge in [-0.05, 0) is 51.5 Å². The number of methoxy groups -OCH3 is 1. The van der Waals surface area contributed by atoms with Crippen molar-refractivity contribution in [2.75, 3.05) is 20.3 Å². The van der Waals surface area contributed by atoms with Crippen molar-refractivity contribution in [3.63, 3.8) is 0 Å².